The summed E-state index contributed by atoms with van der Waals surface area (Å²) in [6.07, 6.45) is 4.33. The number of nitrogens with two attached hydrogens (primary N) is 2. The van der Waals surface area contributed by atoms with Crippen LogP contribution in [0.2, 0.25) is 0 Å². The van der Waals surface area contributed by atoms with Gasteiger partial charge in [-0.3, -0.25) is 4.90 Å². The summed E-state index contributed by atoms with van der Waals surface area (Å²) in [6.45, 7) is 6.75. The molecule has 0 bridgehead atoms. The van der Waals surface area contributed by atoms with Gasteiger partial charge in [0.25, 0.3) is 0 Å². The second kappa shape index (κ2) is 8.34. The predicted molar refractivity (Wildman–Crippen MR) is 122 cm³/mol. The molecule has 2 amide bonds. The molecule has 164 valence electrons. The van der Waals surface area contributed by atoms with Crippen molar-refractivity contribution in [3.05, 3.63) is 35.4 Å². The van der Waals surface area contributed by atoms with Crippen molar-refractivity contribution in [2.45, 2.75) is 25.7 Å². The SMILES string of the molecule is NC(=O)N1CC(CCCN2CCN(c3nc(N)nc4c3CCc3ccccc3-4)CC2)C1. The van der Waals surface area contributed by atoms with Crippen LogP contribution in [-0.2, 0) is 12.8 Å². The number of carbonyl (C=O) groups excluding carboxylic acids is 1. The quantitative estimate of drug-likeness (QED) is 0.762. The lowest BCUT2D eigenvalue weighted by Gasteiger charge is -2.39. The number of nitrogen functional groups attached to an aromatic ring is 1. The normalized spacial score (nSPS) is 19.0. The molecule has 1 aliphatic carbocycles. The van der Waals surface area contributed by atoms with E-state index in [9.17, 15) is 4.79 Å². The minimum absolute atomic E-state index is 0.289. The highest BCUT2D eigenvalue weighted by atomic mass is 16.2. The van der Waals surface area contributed by atoms with Gasteiger partial charge < -0.3 is 21.3 Å². The van der Waals surface area contributed by atoms with Crippen molar-refractivity contribution in [3.63, 3.8) is 0 Å². The summed E-state index contributed by atoms with van der Waals surface area (Å²) < 4.78 is 0. The Hall–Kier alpha value is -2.87. The summed E-state index contributed by atoms with van der Waals surface area (Å²) in [5.74, 6) is 2.00. The van der Waals surface area contributed by atoms with E-state index in [1.807, 2.05) is 0 Å². The lowest BCUT2D eigenvalue weighted by Crippen LogP contribution is -2.52. The zero-order valence-electron chi connectivity index (χ0n) is 18.0. The Morgan fingerprint density at radius 2 is 1.84 bits per heavy atom. The molecule has 8 nitrogen and oxygen atoms in total. The molecule has 0 saturated carbocycles. The second-order valence-electron chi connectivity index (χ2n) is 8.97. The van der Waals surface area contributed by atoms with Crippen molar-refractivity contribution >= 4 is 17.8 Å². The van der Waals surface area contributed by atoms with Gasteiger partial charge in [0.1, 0.15) is 5.82 Å². The molecular weight excluding hydrogens is 390 g/mol. The molecule has 1 aromatic heterocycles. The Kier molecular flexibility index (Phi) is 5.40. The summed E-state index contributed by atoms with van der Waals surface area (Å²) in [4.78, 5) is 27.0. The van der Waals surface area contributed by atoms with Gasteiger partial charge in [0.05, 0.1) is 5.69 Å². The van der Waals surface area contributed by atoms with Crippen LogP contribution in [0.25, 0.3) is 11.3 Å². The Labute approximate surface area is 183 Å². The number of amides is 2. The van der Waals surface area contributed by atoms with Gasteiger partial charge in [-0.15, -0.1) is 0 Å². The molecule has 2 aliphatic heterocycles. The van der Waals surface area contributed by atoms with E-state index in [1.165, 1.54) is 29.5 Å². The van der Waals surface area contributed by atoms with Crippen molar-refractivity contribution in [1.29, 1.82) is 0 Å². The summed E-state index contributed by atoms with van der Waals surface area (Å²) in [5.41, 5.74) is 16.2. The molecule has 0 spiro atoms. The minimum atomic E-state index is -0.289. The third kappa shape index (κ3) is 4.04. The Morgan fingerprint density at radius 3 is 2.61 bits per heavy atom. The second-order valence-corrected chi connectivity index (χ2v) is 8.97. The number of benzene rings is 1. The van der Waals surface area contributed by atoms with Crippen LogP contribution in [0.3, 0.4) is 0 Å². The molecule has 31 heavy (non-hydrogen) atoms. The van der Waals surface area contributed by atoms with Gasteiger partial charge in [0.15, 0.2) is 0 Å². The molecule has 0 unspecified atom stereocenters. The van der Waals surface area contributed by atoms with Gasteiger partial charge in [-0.2, -0.15) is 4.98 Å². The van der Waals surface area contributed by atoms with Gasteiger partial charge in [-0.1, -0.05) is 24.3 Å². The highest BCUT2D eigenvalue weighted by Crippen LogP contribution is 2.37. The van der Waals surface area contributed by atoms with Crippen LogP contribution in [0.15, 0.2) is 24.3 Å². The first-order chi connectivity index (χ1) is 15.1. The van der Waals surface area contributed by atoms with Crippen LogP contribution in [0.5, 0.6) is 0 Å². The van der Waals surface area contributed by atoms with E-state index in [4.69, 9.17) is 11.5 Å². The van der Waals surface area contributed by atoms with Crippen LogP contribution < -0.4 is 16.4 Å². The highest BCUT2D eigenvalue weighted by Gasteiger charge is 2.29. The van der Waals surface area contributed by atoms with Crippen molar-refractivity contribution < 1.29 is 4.79 Å². The fourth-order valence-corrected chi connectivity index (χ4v) is 5.15. The average molecular weight is 422 g/mol. The smallest absolute Gasteiger partial charge is 0.314 e. The van der Waals surface area contributed by atoms with Crippen LogP contribution in [-0.4, -0.2) is 71.6 Å². The number of rotatable bonds is 5. The third-order valence-electron chi connectivity index (χ3n) is 6.95. The standard InChI is InChI=1S/C23H31N7O/c24-22-26-20-18-6-2-1-5-17(18)7-8-19(20)21(27-22)29-12-10-28(11-13-29)9-3-4-16-14-30(15-16)23(25)31/h1-2,5-6,16H,3-4,7-15H2,(H2,25,31)(H2,24,26,27). The Morgan fingerprint density at radius 1 is 1.06 bits per heavy atom. The lowest BCUT2D eigenvalue weighted by atomic mass is 9.89. The number of hydrogen-bond acceptors (Lipinski definition) is 6. The van der Waals surface area contributed by atoms with E-state index in [0.717, 1.165) is 70.2 Å². The molecule has 0 atom stereocenters. The largest absolute Gasteiger partial charge is 0.368 e. The number of anilines is 2. The van der Waals surface area contributed by atoms with Crippen molar-refractivity contribution in [2.75, 3.05) is 56.4 Å². The molecule has 3 aliphatic rings. The molecule has 0 radical (unpaired) electrons. The minimum Gasteiger partial charge on any atom is -0.368 e. The zero-order valence-corrected chi connectivity index (χ0v) is 18.0. The topological polar surface area (TPSA) is 105 Å². The summed E-state index contributed by atoms with van der Waals surface area (Å²) in [5, 5.41) is 0. The number of piperazine rings is 1. The van der Waals surface area contributed by atoms with Crippen LogP contribution >= 0.6 is 0 Å². The molecule has 1 aromatic carbocycles. The van der Waals surface area contributed by atoms with E-state index in [-0.39, 0.29) is 6.03 Å². The maximum Gasteiger partial charge on any atom is 0.314 e. The maximum atomic E-state index is 11.1. The van der Waals surface area contributed by atoms with E-state index < -0.39 is 0 Å². The van der Waals surface area contributed by atoms with E-state index in [0.29, 0.717) is 11.9 Å². The maximum absolute atomic E-state index is 11.1. The van der Waals surface area contributed by atoms with Gasteiger partial charge >= 0.3 is 6.03 Å². The summed E-state index contributed by atoms with van der Waals surface area (Å²) >= 11 is 0. The Balaban J connectivity index is 1.18. The highest BCUT2D eigenvalue weighted by molar-refractivity contribution is 5.75. The van der Waals surface area contributed by atoms with Gasteiger partial charge in [-0.05, 0) is 43.7 Å². The number of fused-ring (bicyclic) bond motifs is 3. The van der Waals surface area contributed by atoms with E-state index >= 15 is 0 Å². The van der Waals surface area contributed by atoms with Crippen LogP contribution in [0.1, 0.15) is 24.0 Å². The third-order valence-corrected chi connectivity index (χ3v) is 6.95. The molecular formula is C23H31N7O. The molecule has 5 rings (SSSR count). The molecule has 8 heteroatoms. The predicted octanol–water partition coefficient (Wildman–Crippen LogP) is 1.74. The first kappa shape index (κ1) is 20.1. The number of carbonyl (C=O) groups is 1. The van der Waals surface area contributed by atoms with Crippen molar-refractivity contribution in [3.8, 4) is 11.3 Å². The average Bonchev–Trinajstić information content (AvgIpc) is 2.75. The van der Waals surface area contributed by atoms with E-state index in [1.54, 1.807) is 4.90 Å². The van der Waals surface area contributed by atoms with Crippen LogP contribution in [0.4, 0.5) is 16.6 Å². The fourth-order valence-electron chi connectivity index (χ4n) is 5.15. The van der Waals surface area contributed by atoms with Gasteiger partial charge in [-0.25, -0.2) is 9.78 Å². The fraction of sp³-hybridized carbons (Fsp3) is 0.522. The lowest BCUT2D eigenvalue weighted by molar-refractivity contribution is 0.117. The summed E-state index contributed by atoms with van der Waals surface area (Å²) in [6, 6.07) is 8.20. The summed E-state index contributed by atoms with van der Waals surface area (Å²) in [7, 11) is 0. The van der Waals surface area contributed by atoms with E-state index in [2.05, 4.69) is 44.0 Å². The monoisotopic (exact) mass is 421 g/mol. The number of hydrogen-bond donors (Lipinski definition) is 2. The molecule has 2 saturated heterocycles. The number of aromatic nitrogens is 2. The van der Waals surface area contributed by atoms with Gasteiger partial charge in [0.2, 0.25) is 5.95 Å². The molecule has 2 aromatic rings. The molecule has 3 heterocycles. The number of nitrogens with zero attached hydrogens (tertiary/aromatic N) is 5. The molecule has 2 fully saturated rings. The number of aryl methyl sites for hydroxylation is 1. The van der Waals surface area contributed by atoms with Crippen molar-refractivity contribution in [1.82, 2.24) is 19.8 Å². The number of urea groups is 1. The Bertz CT molecular complexity index is 964. The molecule has 4 N–H and O–H groups in total. The zero-order chi connectivity index (χ0) is 21.4. The number of primary amides is 1. The number of likely N-dealkylation sites (tertiary alicyclic amines) is 1. The van der Waals surface area contributed by atoms with Crippen molar-refractivity contribution in [2.24, 2.45) is 11.7 Å². The van der Waals surface area contributed by atoms with Crippen LogP contribution in [0, 0.1) is 5.92 Å². The van der Waals surface area contributed by atoms with Gasteiger partial charge in [0, 0.05) is 50.4 Å². The first-order valence-corrected chi connectivity index (χ1v) is 11.3. The first-order valence-electron chi connectivity index (χ1n) is 11.3.